The second-order valence-corrected chi connectivity index (χ2v) is 11.2. The Labute approximate surface area is 197 Å². The SMILES string of the molecule is CCCOCO[C@]1(C(=O)COC(C)=O)CC[C@H]2[C@@H]3CCC4=CC(=O)CC[C@]4(C)[C@H]3CC[C@@]21C. The highest BCUT2D eigenvalue weighted by Crippen LogP contribution is 2.68. The number of hydrogen-bond donors (Lipinski definition) is 0. The van der Waals surface area contributed by atoms with Crippen molar-refractivity contribution in [1.29, 1.82) is 0 Å². The van der Waals surface area contributed by atoms with Gasteiger partial charge in [-0.15, -0.1) is 0 Å². The number of hydrogen-bond acceptors (Lipinski definition) is 6. The molecule has 0 saturated heterocycles. The van der Waals surface area contributed by atoms with Crippen LogP contribution in [-0.4, -0.2) is 43.1 Å². The smallest absolute Gasteiger partial charge is 0.303 e. The van der Waals surface area contributed by atoms with E-state index in [9.17, 15) is 14.4 Å². The predicted molar refractivity (Wildman–Crippen MR) is 123 cm³/mol. The molecule has 0 spiro atoms. The molecule has 3 fully saturated rings. The first kappa shape index (κ1) is 24.6. The van der Waals surface area contributed by atoms with Crippen LogP contribution in [0.25, 0.3) is 0 Å². The van der Waals surface area contributed by atoms with Gasteiger partial charge in [0.15, 0.2) is 12.4 Å². The summed E-state index contributed by atoms with van der Waals surface area (Å²) in [7, 11) is 0. The molecule has 184 valence electrons. The Morgan fingerprint density at radius 1 is 1.06 bits per heavy atom. The molecule has 0 radical (unpaired) electrons. The van der Waals surface area contributed by atoms with Gasteiger partial charge in [0, 0.05) is 25.4 Å². The van der Waals surface area contributed by atoms with Crippen molar-refractivity contribution in [3.05, 3.63) is 11.6 Å². The Kier molecular flexibility index (Phi) is 6.90. The topological polar surface area (TPSA) is 78.9 Å². The summed E-state index contributed by atoms with van der Waals surface area (Å²) in [5.41, 5.74) is 0.146. The second-order valence-electron chi connectivity index (χ2n) is 11.2. The van der Waals surface area contributed by atoms with Gasteiger partial charge in [-0.25, -0.2) is 0 Å². The van der Waals surface area contributed by atoms with E-state index < -0.39 is 11.6 Å². The summed E-state index contributed by atoms with van der Waals surface area (Å²) in [5.74, 6) is 1.13. The highest BCUT2D eigenvalue weighted by molar-refractivity contribution is 5.92. The zero-order valence-corrected chi connectivity index (χ0v) is 20.7. The molecule has 0 N–H and O–H groups in total. The van der Waals surface area contributed by atoms with Crippen LogP contribution in [0, 0.1) is 28.6 Å². The normalized spacial score (nSPS) is 39.8. The standard InChI is InChI=1S/C27H40O6/c1-5-14-31-17-33-27(24(30)16-32-18(2)28)13-10-23-21-7-6-19-15-20(29)8-11-25(19,3)22(21)9-12-26(23,27)4/h15,21-23H,5-14,16-17H2,1-4H3/t21-,22+,23+,25+,26+,27+/m1/s1. The Balaban J connectivity index is 1.61. The molecule has 0 unspecified atom stereocenters. The van der Waals surface area contributed by atoms with Gasteiger partial charge in [0.05, 0.1) is 0 Å². The molecule has 0 aromatic carbocycles. The van der Waals surface area contributed by atoms with Gasteiger partial charge in [0.25, 0.3) is 0 Å². The van der Waals surface area contributed by atoms with Crippen molar-refractivity contribution in [1.82, 2.24) is 0 Å². The van der Waals surface area contributed by atoms with Crippen LogP contribution < -0.4 is 0 Å². The highest BCUT2D eigenvalue weighted by Gasteiger charge is 2.67. The maximum Gasteiger partial charge on any atom is 0.303 e. The fourth-order valence-electron chi connectivity index (χ4n) is 7.96. The molecule has 0 aliphatic heterocycles. The lowest BCUT2D eigenvalue weighted by atomic mass is 9.46. The van der Waals surface area contributed by atoms with Gasteiger partial charge in [-0.2, -0.15) is 0 Å². The van der Waals surface area contributed by atoms with Gasteiger partial charge in [-0.05, 0) is 80.6 Å². The Morgan fingerprint density at radius 2 is 1.82 bits per heavy atom. The number of ether oxygens (including phenoxy) is 3. The molecule has 0 heterocycles. The Hall–Kier alpha value is -1.53. The van der Waals surface area contributed by atoms with E-state index in [-0.39, 0.29) is 35.8 Å². The fourth-order valence-corrected chi connectivity index (χ4v) is 7.96. The molecule has 6 atom stereocenters. The quantitative estimate of drug-likeness (QED) is 0.294. The number of Topliss-reactive ketones (excluding diaryl/α,β-unsaturated/α-hetero) is 1. The molecule has 4 aliphatic carbocycles. The number of fused-ring (bicyclic) bond motifs is 5. The maximum atomic E-state index is 13.6. The van der Waals surface area contributed by atoms with Crippen molar-refractivity contribution in [3.63, 3.8) is 0 Å². The largest absolute Gasteiger partial charge is 0.458 e. The first-order chi connectivity index (χ1) is 15.7. The van der Waals surface area contributed by atoms with E-state index in [0.717, 1.165) is 44.9 Å². The van der Waals surface area contributed by atoms with Gasteiger partial charge < -0.3 is 14.2 Å². The lowest BCUT2D eigenvalue weighted by molar-refractivity contribution is -0.208. The zero-order chi connectivity index (χ0) is 23.9. The van der Waals surface area contributed by atoms with Crippen molar-refractivity contribution in [2.24, 2.45) is 28.6 Å². The number of ketones is 2. The summed E-state index contributed by atoms with van der Waals surface area (Å²) in [5, 5.41) is 0. The van der Waals surface area contributed by atoms with E-state index in [2.05, 4.69) is 13.8 Å². The van der Waals surface area contributed by atoms with E-state index in [0.29, 0.717) is 37.2 Å². The first-order valence-corrected chi connectivity index (χ1v) is 12.8. The van der Waals surface area contributed by atoms with Crippen LogP contribution in [0.1, 0.15) is 85.5 Å². The van der Waals surface area contributed by atoms with Gasteiger partial charge in [0.1, 0.15) is 12.4 Å². The zero-order valence-electron chi connectivity index (χ0n) is 20.7. The van der Waals surface area contributed by atoms with Crippen molar-refractivity contribution in [3.8, 4) is 0 Å². The molecule has 0 aromatic rings. The fraction of sp³-hybridized carbons (Fsp3) is 0.815. The molecule has 0 bridgehead atoms. The molecule has 0 aromatic heterocycles. The minimum Gasteiger partial charge on any atom is -0.458 e. The summed E-state index contributed by atoms with van der Waals surface area (Å²) < 4.78 is 17.2. The number of carbonyl (C=O) groups is 3. The van der Waals surface area contributed by atoms with E-state index in [1.165, 1.54) is 12.5 Å². The molecular weight excluding hydrogens is 420 g/mol. The maximum absolute atomic E-state index is 13.6. The molecule has 4 aliphatic rings. The van der Waals surface area contributed by atoms with Crippen molar-refractivity contribution in [2.45, 2.75) is 91.1 Å². The lowest BCUT2D eigenvalue weighted by Gasteiger charge is -2.59. The summed E-state index contributed by atoms with van der Waals surface area (Å²) in [4.78, 5) is 37.1. The van der Waals surface area contributed by atoms with Crippen LogP contribution in [0.4, 0.5) is 0 Å². The van der Waals surface area contributed by atoms with E-state index >= 15 is 0 Å². The number of rotatable bonds is 8. The van der Waals surface area contributed by atoms with Crippen molar-refractivity contribution >= 4 is 17.5 Å². The van der Waals surface area contributed by atoms with Crippen molar-refractivity contribution in [2.75, 3.05) is 20.0 Å². The summed E-state index contributed by atoms with van der Waals surface area (Å²) in [6.45, 7) is 8.40. The third kappa shape index (κ3) is 4.01. The number of allylic oxidation sites excluding steroid dienone is 1. The van der Waals surface area contributed by atoms with E-state index in [1.54, 1.807) is 0 Å². The summed E-state index contributed by atoms with van der Waals surface area (Å²) in [6, 6.07) is 0. The van der Waals surface area contributed by atoms with E-state index in [1.807, 2.05) is 13.0 Å². The minimum atomic E-state index is -0.981. The molecular formula is C27H40O6. The predicted octanol–water partition coefficient (Wildman–Crippen LogP) is 4.79. The third-order valence-electron chi connectivity index (χ3n) is 9.68. The molecule has 3 saturated carbocycles. The third-order valence-corrected chi connectivity index (χ3v) is 9.68. The van der Waals surface area contributed by atoms with Gasteiger partial charge in [-0.1, -0.05) is 26.3 Å². The minimum absolute atomic E-state index is 0.0861. The Bertz CT molecular complexity index is 832. The molecule has 4 rings (SSSR count). The Morgan fingerprint density at radius 3 is 2.55 bits per heavy atom. The van der Waals surface area contributed by atoms with Crippen LogP contribution in [0.3, 0.4) is 0 Å². The summed E-state index contributed by atoms with van der Waals surface area (Å²) in [6.07, 6.45) is 9.97. The van der Waals surface area contributed by atoms with Gasteiger partial charge in [0.2, 0.25) is 5.78 Å². The van der Waals surface area contributed by atoms with Crippen LogP contribution in [0.15, 0.2) is 11.6 Å². The lowest BCUT2D eigenvalue weighted by Crippen LogP contribution is -2.59. The van der Waals surface area contributed by atoms with Crippen LogP contribution in [0.5, 0.6) is 0 Å². The molecule has 6 nitrogen and oxygen atoms in total. The monoisotopic (exact) mass is 460 g/mol. The van der Waals surface area contributed by atoms with E-state index in [4.69, 9.17) is 14.2 Å². The average molecular weight is 461 g/mol. The van der Waals surface area contributed by atoms with Gasteiger partial charge in [-0.3, -0.25) is 14.4 Å². The van der Waals surface area contributed by atoms with Gasteiger partial charge >= 0.3 is 5.97 Å². The number of esters is 1. The second kappa shape index (κ2) is 9.26. The summed E-state index contributed by atoms with van der Waals surface area (Å²) >= 11 is 0. The van der Waals surface area contributed by atoms with Crippen LogP contribution in [-0.2, 0) is 28.6 Å². The first-order valence-electron chi connectivity index (χ1n) is 12.8. The number of carbonyl (C=O) groups excluding carboxylic acids is 3. The highest BCUT2D eigenvalue weighted by atomic mass is 16.7. The van der Waals surface area contributed by atoms with Crippen LogP contribution in [0.2, 0.25) is 0 Å². The van der Waals surface area contributed by atoms with Crippen molar-refractivity contribution < 1.29 is 28.6 Å². The average Bonchev–Trinajstić information content (AvgIpc) is 3.09. The van der Waals surface area contributed by atoms with Crippen LogP contribution >= 0.6 is 0 Å². The molecule has 0 amide bonds. The molecule has 33 heavy (non-hydrogen) atoms. The molecule has 6 heteroatoms.